The van der Waals surface area contributed by atoms with Crippen LogP contribution in [-0.4, -0.2) is 40.0 Å². The molecule has 0 saturated carbocycles. The van der Waals surface area contributed by atoms with E-state index in [0.29, 0.717) is 23.9 Å². The van der Waals surface area contributed by atoms with Gasteiger partial charge in [0.15, 0.2) is 0 Å². The zero-order valence-corrected chi connectivity index (χ0v) is 18.9. The highest BCUT2D eigenvalue weighted by atomic mass is 35.5. The Hall–Kier alpha value is -3.48. The Morgan fingerprint density at radius 3 is 2.45 bits per heavy atom. The highest BCUT2D eigenvalue weighted by Crippen LogP contribution is 2.32. The first-order valence-electron chi connectivity index (χ1n) is 10.7. The molecule has 1 atom stereocenters. The molecule has 0 aliphatic carbocycles. The summed E-state index contributed by atoms with van der Waals surface area (Å²) in [6, 6.07) is 20.1. The molecular formula is C26H26ClN3O3. The summed E-state index contributed by atoms with van der Waals surface area (Å²) in [7, 11) is 0. The zero-order chi connectivity index (χ0) is 22.3. The van der Waals surface area contributed by atoms with Crippen LogP contribution in [0, 0.1) is 0 Å². The highest BCUT2D eigenvalue weighted by molar-refractivity contribution is 5.92. The normalized spacial score (nSPS) is 16.2. The first-order valence-corrected chi connectivity index (χ1v) is 10.7. The lowest BCUT2D eigenvalue weighted by Crippen LogP contribution is -2.38. The molecule has 2 aromatic carbocycles. The minimum atomic E-state index is -0.631. The van der Waals surface area contributed by atoms with E-state index in [2.05, 4.69) is 41.4 Å². The predicted molar refractivity (Wildman–Crippen MR) is 132 cm³/mol. The van der Waals surface area contributed by atoms with Gasteiger partial charge in [-0.25, -0.2) is 10.5 Å². The highest BCUT2D eigenvalue weighted by Gasteiger charge is 2.24. The van der Waals surface area contributed by atoms with E-state index in [4.69, 9.17) is 5.21 Å². The minimum absolute atomic E-state index is 0. The molecule has 2 N–H and O–H groups in total. The topological polar surface area (TPSA) is 82.5 Å². The van der Waals surface area contributed by atoms with Crippen molar-refractivity contribution < 1.29 is 14.8 Å². The lowest BCUT2D eigenvalue weighted by Gasteiger charge is -2.33. The molecular weight excluding hydrogens is 438 g/mol. The standard InChI is InChI=1S/C26H25N3O3.ClH/c30-25(28-32)15-13-21-9-4-10-22(27-21)14-16-26(31)29-17-5-8-20(18-29)24-12-3-7-19-6-1-2-11-23(19)24;/h1-4,6-7,9-16,20,32H,5,8,17-18H2,(H,28,30);1H. The Balaban J connectivity index is 0.00000306. The van der Waals surface area contributed by atoms with E-state index < -0.39 is 5.91 Å². The van der Waals surface area contributed by atoms with Gasteiger partial charge in [-0.05, 0) is 53.5 Å². The molecule has 170 valence electrons. The van der Waals surface area contributed by atoms with E-state index >= 15 is 0 Å². The van der Waals surface area contributed by atoms with Gasteiger partial charge in [0, 0.05) is 31.2 Å². The van der Waals surface area contributed by atoms with Crippen molar-refractivity contribution in [1.29, 1.82) is 0 Å². The second-order valence-corrected chi connectivity index (χ2v) is 7.82. The fraction of sp³-hybridized carbons (Fsp3) is 0.192. The maximum Gasteiger partial charge on any atom is 0.267 e. The van der Waals surface area contributed by atoms with Crippen LogP contribution in [0.5, 0.6) is 0 Å². The van der Waals surface area contributed by atoms with Gasteiger partial charge in [0.25, 0.3) is 5.91 Å². The van der Waals surface area contributed by atoms with Crippen molar-refractivity contribution in [3.63, 3.8) is 0 Å². The number of pyridine rings is 1. The van der Waals surface area contributed by atoms with E-state index in [1.807, 2.05) is 11.0 Å². The molecule has 2 heterocycles. The molecule has 33 heavy (non-hydrogen) atoms. The molecule has 1 aromatic heterocycles. The van der Waals surface area contributed by atoms with Crippen molar-refractivity contribution in [3.05, 3.63) is 89.8 Å². The first-order chi connectivity index (χ1) is 15.6. The average molecular weight is 464 g/mol. The van der Waals surface area contributed by atoms with Gasteiger partial charge in [-0.15, -0.1) is 12.4 Å². The van der Waals surface area contributed by atoms with Crippen LogP contribution in [0.15, 0.2) is 72.8 Å². The van der Waals surface area contributed by atoms with Crippen molar-refractivity contribution in [3.8, 4) is 0 Å². The lowest BCUT2D eigenvalue weighted by molar-refractivity contribution is -0.127. The third kappa shape index (κ3) is 6.06. The minimum Gasteiger partial charge on any atom is -0.339 e. The number of carbonyl (C=O) groups excluding carboxylic acids is 2. The summed E-state index contributed by atoms with van der Waals surface area (Å²) in [5, 5.41) is 11.0. The number of amides is 2. The Morgan fingerprint density at radius 1 is 0.970 bits per heavy atom. The molecule has 0 spiro atoms. The number of nitrogens with zero attached hydrogens (tertiary/aromatic N) is 2. The molecule has 7 heteroatoms. The van der Waals surface area contributed by atoms with Crippen LogP contribution in [0.3, 0.4) is 0 Å². The van der Waals surface area contributed by atoms with E-state index in [1.54, 1.807) is 30.4 Å². The first kappa shape index (κ1) is 24.2. The fourth-order valence-corrected chi connectivity index (χ4v) is 4.15. The number of likely N-dealkylation sites (tertiary alicyclic amines) is 1. The van der Waals surface area contributed by atoms with Crippen LogP contribution in [0.2, 0.25) is 0 Å². The molecule has 2 amide bonds. The second kappa shape index (κ2) is 11.4. The SMILES string of the molecule is Cl.O=C(C=Cc1cccc(C=CC(=O)N2CCCC(c3cccc4ccccc34)C2)n1)NO. The maximum absolute atomic E-state index is 12.9. The van der Waals surface area contributed by atoms with Gasteiger partial charge in [-0.2, -0.15) is 0 Å². The van der Waals surface area contributed by atoms with E-state index in [-0.39, 0.29) is 18.3 Å². The molecule has 0 radical (unpaired) electrons. The van der Waals surface area contributed by atoms with Crippen LogP contribution in [0.1, 0.15) is 35.7 Å². The second-order valence-electron chi connectivity index (χ2n) is 7.82. The van der Waals surface area contributed by atoms with Crippen LogP contribution >= 0.6 is 12.4 Å². The van der Waals surface area contributed by atoms with Gasteiger partial charge in [0.1, 0.15) is 0 Å². The summed E-state index contributed by atoms with van der Waals surface area (Å²) in [5.74, 6) is -0.345. The third-order valence-electron chi connectivity index (χ3n) is 5.70. The monoisotopic (exact) mass is 463 g/mol. The van der Waals surface area contributed by atoms with Gasteiger partial charge in [-0.1, -0.05) is 48.5 Å². The fourth-order valence-electron chi connectivity index (χ4n) is 4.15. The smallest absolute Gasteiger partial charge is 0.267 e. The third-order valence-corrected chi connectivity index (χ3v) is 5.70. The van der Waals surface area contributed by atoms with Gasteiger partial charge in [-0.3, -0.25) is 14.8 Å². The number of piperidine rings is 1. The number of hydrogen-bond acceptors (Lipinski definition) is 4. The number of hydrogen-bond donors (Lipinski definition) is 2. The van der Waals surface area contributed by atoms with E-state index in [1.165, 1.54) is 34.0 Å². The number of nitrogens with one attached hydrogen (secondary N) is 1. The molecule has 3 aromatic rings. The Kier molecular flexibility index (Phi) is 8.35. The van der Waals surface area contributed by atoms with Gasteiger partial charge < -0.3 is 4.90 Å². The average Bonchev–Trinajstić information content (AvgIpc) is 2.85. The Bertz CT molecular complexity index is 1190. The number of carbonyl (C=O) groups is 2. The van der Waals surface area contributed by atoms with Crippen LogP contribution in [-0.2, 0) is 9.59 Å². The van der Waals surface area contributed by atoms with Crippen molar-refractivity contribution in [2.24, 2.45) is 0 Å². The number of aromatic nitrogens is 1. The summed E-state index contributed by atoms with van der Waals surface area (Å²) >= 11 is 0. The number of rotatable bonds is 5. The molecule has 6 nitrogen and oxygen atoms in total. The number of benzene rings is 2. The van der Waals surface area contributed by atoms with E-state index in [0.717, 1.165) is 19.4 Å². The summed E-state index contributed by atoms with van der Waals surface area (Å²) < 4.78 is 0. The zero-order valence-electron chi connectivity index (χ0n) is 18.1. The maximum atomic E-state index is 12.9. The van der Waals surface area contributed by atoms with Gasteiger partial charge >= 0.3 is 0 Å². The summed E-state index contributed by atoms with van der Waals surface area (Å²) in [6.45, 7) is 1.45. The van der Waals surface area contributed by atoms with Crippen molar-refractivity contribution in [2.45, 2.75) is 18.8 Å². The van der Waals surface area contributed by atoms with Crippen LogP contribution in [0.4, 0.5) is 0 Å². The number of fused-ring (bicyclic) bond motifs is 1. The van der Waals surface area contributed by atoms with Crippen LogP contribution < -0.4 is 5.48 Å². The molecule has 1 unspecified atom stereocenters. The van der Waals surface area contributed by atoms with Crippen molar-refractivity contribution in [2.75, 3.05) is 13.1 Å². The van der Waals surface area contributed by atoms with Crippen molar-refractivity contribution >= 4 is 47.1 Å². The molecule has 1 aliphatic heterocycles. The number of hydroxylamine groups is 1. The molecule has 4 rings (SSSR count). The van der Waals surface area contributed by atoms with Crippen molar-refractivity contribution in [1.82, 2.24) is 15.4 Å². The summed E-state index contributed by atoms with van der Waals surface area (Å²) in [4.78, 5) is 30.3. The quantitative estimate of drug-likeness (QED) is 0.329. The molecule has 1 aliphatic rings. The molecule has 1 fully saturated rings. The predicted octanol–water partition coefficient (Wildman–Crippen LogP) is 4.59. The molecule has 1 saturated heterocycles. The van der Waals surface area contributed by atoms with Crippen LogP contribution in [0.25, 0.3) is 22.9 Å². The summed E-state index contributed by atoms with van der Waals surface area (Å²) in [6.07, 6.45) is 7.96. The summed E-state index contributed by atoms with van der Waals surface area (Å²) in [5.41, 5.74) is 4.01. The Morgan fingerprint density at radius 2 is 1.67 bits per heavy atom. The van der Waals surface area contributed by atoms with Gasteiger partial charge in [0.2, 0.25) is 5.91 Å². The lowest BCUT2D eigenvalue weighted by atomic mass is 9.87. The van der Waals surface area contributed by atoms with E-state index in [9.17, 15) is 9.59 Å². The van der Waals surface area contributed by atoms with Gasteiger partial charge in [0.05, 0.1) is 11.4 Å². The Labute approximate surface area is 199 Å². The molecule has 0 bridgehead atoms. The number of halogens is 1. The largest absolute Gasteiger partial charge is 0.339 e.